The smallest absolute Gasteiger partial charge is 0.257 e. The zero-order valence-corrected chi connectivity index (χ0v) is 11.2. The van der Waals surface area contributed by atoms with Crippen molar-refractivity contribution in [2.45, 2.75) is 4.90 Å². The van der Waals surface area contributed by atoms with Gasteiger partial charge in [0.15, 0.2) is 4.90 Å². The third kappa shape index (κ3) is 3.27. The van der Waals surface area contributed by atoms with Crippen molar-refractivity contribution in [3.63, 3.8) is 0 Å². The third-order valence-electron chi connectivity index (χ3n) is 2.63. The number of anilines is 2. The van der Waals surface area contributed by atoms with Gasteiger partial charge in [-0.2, -0.15) is 0 Å². The molecule has 2 rings (SSSR count). The Bertz CT molecular complexity index is 600. The molecule has 19 heavy (non-hydrogen) atoms. The molecule has 2 aromatic rings. The van der Waals surface area contributed by atoms with Crippen molar-refractivity contribution in [1.82, 2.24) is 0 Å². The highest BCUT2D eigenvalue weighted by molar-refractivity contribution is 7.90. The Morgan fingerprint density at radius 2 is 1.95 bits per heavy atom. The molecule has 98 valence electrons. The molecule has 0 bridgehead atoms. The van der Waals surface area contributed by atoms with Crippen molar-refractivity contribution >= 4 is 28.5 Å². The molecular formula is C14H14N2O2S. The highest BCUT2D eigenvalue weighted by Crippen LogP contribution is 2.17. The first-order valence-corrected chi connectivity index (χ1v) is 7.23. The van der Waals surface area contributed by atoms with Gasteiger partial charge >= 0.3 is 0 Å². The minimum absolute atomic E-state index is 0.280. The van der Waals surface area contributed by atoms with Gasteiger partial charge in [-0.05, 0) is 35.4 Å². The van der Waals surface area contributed by atoms with Crippen LogP contribution in [0.2, 0.25) is 0 Å². The summed E-state index contributed by atoms with van der Waals surface area (Å²) >= 11 is -1.08. The van der Waals surface area contributed by atoms with E-state index in [9.17, 15) is 9.35 Å². The van der Waals surface area contributed by atoms with E-state index >= 15 is 0 Å². The lowest BCUT2D eigenvalue weighted by atomic mass is 10.1. The Morgan fingerprint density at radius 1 is 1.21 bits per heavy atom. The number of benzene rings is 2. The number of nitrogen functional groups attached to an aromatic ring is 1. The minimum Gasteiger partial charge on any atom is -0.612 e. The molecule has 2 aromatic carbocycles. The molecule has 0 aromatic heterocycles. The second-order valence-electron chi connectivity index (χ2n) is 4.02. The fraction of sp³-hybridized carbons (Fsp3) is 0.0714. The van der Waals surface area contributed by atoms with Crippen LogP contribution in [0.1, 0.15) is 10.4 Å². The maximum absolute atomic E-state index is 12.0. The first-order chi connectivity index (χ1) is 9.08. The van der Waals surface area contributed by atoms with Crippen molar-refractivity contribution in [2.75, 3.05) is 17.3 Å². The predicted molar refractivity (Wildman–Crippen MR) is 77.6 cm³/mol. The molecule has 5 heteroatoms. The molecular weight excluding hydrogens is 260 g/mol. The molecule has 0 heterocycles. The Labute approximate surface area is 114 Å². The first-order valence-electron chi connectivity index (χ1n) is 5.67. The van der Waals surface area contributed by atoms with E-state index in [2.05, 4.69) is 5.32 Å². The van der Waals surface area contributed by atoms with Gasteiger partial charge < -0.3 is 15.6 Å². The maximum atomic E-state index is 12.0. The van der Waals surface area contributed by atoms with Crippen molar-refractivity contribution in [2.24, 2.45) is 0 Å². The summed E-state index contributed by atoms with van der Waals surface area (Å²) in [5, 5.41) is 2.74. The van der Waals surface area contributed by atoms with Gasteiger partial charge in [0.05, 0.1) is 5.56 Å². The molecule has 4 nitrogen and oxygen atoms in total. The van der Waals surface area contributed by atoms with E-state index in [1.54, 1.807) is 54.8 Å². The number of carbonyl (C=O) groups excluding carboxylic acids is 1. The van der Waals surface area contributed by atoms with Crippen LogP contribution in [-0.4, -0.2) is 16.7 Å². The number of hydrogen-bond donors (Lipinski definition) is 2. The van der Waals surface area contributed by atoms with Crippen molar-refractivity contribution < 1.29 is 9.35 Å². The van der Waals surface area contributed by atoms with Crippen LogP contribution in [0, 0.1) is 0 Å². The SMILES string of the molecule is C[S+]([O-])c1cccc(NC(=O)c2ccccc2N)c1. The fourth-order valence-electron chi connectivity index (χ4n) is 1.65. The summed E-state index contributed by atoms with van der Waals surface area (Å²) in [4.78, 5) is 12.7. The number of carbonyl (C=O) groups is 1. The lowest BCUT2D eigenvalue weighted by Crippen LogP contribution is -2.14. The Morgan fingerprint density at radius 3 is 2.63 bits per heavy atom. The summed E-state index contributed by atoms with van der Waals surface area (Å²) in [6.45, 7) is 0. The maximum Gasteiger partial charge on any atom is 0.257 e. The molecule has 0 aliphatic heterocycles. The summed E-state index contributed by atoms with van der Waals surface area (Å²) in [7, 11) is 0. The van der Waals surface area contributed by atoms with Crippen LogP contribution in [0.5, 0.6) is 0 Å². The van der Waals surface area contributed by atoms with Crippen molar-refractivity contribution in [3.05, 3.63) is 54.1 Å². The van der Waals surface area contributed by atoms with Crippen molar-refractivity contribution in [1.29, 1.82) is 0 Å². The highest BCUT2D eigenvalue weighted by atomic mass is 32.2. The molecule has 1 atom stereocenters. The predicted octanol–water partition coefficient (Wildman–Crippen LogP) is 2.26. The molecule has 0 fully saturated rings. The van der Waals surface area contributed by atoms with Crippen LogP contribution in [0.25, 0.3) is 0 Å². The van der Waals surface area contributed by atoms with Crippen LogP contribution in [0.4, 0.5) is 11.4 Å². The van der Waals surface area contributed by atoms with E-state index in [1.165, 1.54) is 0 Å². The van der Waals surface area contributed by atoms with Gasteiger partial charge in [0.1, 0.15) is 6.26 Å². The molecule has 0 aliphatic rings. The largest absolute Gasteiger partial charge is 0.612 e. The van der Waals surface area contributed by atoms with Gasteiger partial charge in [-0.15, -0.1) is 0 Å². The van der Waals surface area contributed by atoms with Gasteiger partial charge in [0, 0.05) is 17.4 Å². The quantitative estimate of drug-likeness (QED) is 0.665. The van der Waals surface area contributed by atoms with Crippen LogP contribution in [0.15, 0.2) is 53.4 Å². The molecule has 0 radical (unpaired) electrons. The molecule has 0 saturated carbocycles. The third-order valence-corrected chi connectivity index (χ3v) is 3.55. The Hall–Kier alpha value is -1.98. The zero-order valence-electron chi connectivity index (χ0n) is 10.4. The van der Waals surface area contributed by atoms with E-state index < -0.39 is 11.2 Å². The van der Waals surface area contributed by atoms with E-state index in [0.717, 1.165) is 0 Å². The normalized spacial score (nSPS) is 11.9. The standard InChI is InChI=1S/C14H14N2O2S/c1-19(18)11-6-4-5-10(9-11)16-14(17)12-7-2-3-8-13(12)15/h2-9H,15H2,1H3,(H,16,17). The Kier molecular flexibility index (Phi) is 4.09. The highest BCUT2D eigenvalue weighted by Gasteiger charge is 2.11. The molecule has 1 unspecified atom stereocenters. The van der Waals surface area contributed by atoms with E-state index in [4.69, 9.17) is 5.73 Å². The summed E-state index contributed by atoms with van der Waals surface area (Å²) in [5.74, 6) is -0.280. The fourth-order valence-corrected chi connectivity index (χ4v) is 2.22. The average Bonchev–Trinajstić information content (AvgIpc) is 2.39. The van der Waals surface area contributed by atoms with Crippen LogP contribution in [0.3, 0.4) is 0 Å². The first kappa shape index (κ1) is 13.5. The second kappa shape index (κ2) is 5.77. The van der Waals surface area contributed by atoms with Gasteiger partial charge in [0.25, 0.3) is 5.91 Å². The van der Waals surface area contributed by atoms with Crippen molar-refractivity contribution in [3.8, 4) is 0 Å². The second-order valence-corrected chi connectivity index (χ2v) is 5.40. The number of hydrogen-bond acceptors (Lipinski definition) is 3. The molecule has 0 spiro atoms. The van der Waals surface area contributed by atoms with Crippen LogP contribution < -0.4 is 11.1 Å². The summed E-state index contributed by atoms with van der Waals surface area (Å²) < 4.78 is 11.4. The lowest BCUT2D eigenvalue weighted by Gasteiger charge is -2.09. The minimum atomic E-state index is -1.08. The summed E-state index contributed by atoms with van der Waals surface area (Å²) in [6, 6.07) is 13.8. The van der Waals surface area contributed by atoms with Gasteiger partial charge in [-0.25, -0.2) is 0 Å². The van der Waals surface area contributed by atoms with E-state index in [-0.39, 0.29) is 5.91 Å². The summed E-state index contributed by atoms with van der Waals surface area (Å²) in [6.07, 6.45) is 1.59. The average molecular weight is 274 g/mol. The van der Waals surface area contributed by atoms with Crippen LogP contribution >= 0.6 is 0 Å². The Balaban J connectivity index is 2.20. The van der Waals surface area contributed by atoms with Crippen LogP contribution in [-0.2, 0) is 11.2 Å². The summed E-state index contributed by atoms with van der Waals surface area (Å²) in [5.41, 5.74) is 7.19. The number of amides is 1. The number of nitrogens with two attached hydrogens (primary N) is 1. The molecule has 0 saturated heterocycles. The van der Waals surface area contributed by atoms with E-state index in [0.29, 0.717) is 21.8 Å². The van der Waals surface area contributed by atoms with Gasteiger partial charge in [0.2, 0.25) is 0 Å². The van der Waals surface area contributed by atoms with E-state index in [1.807, 2.05) is 0 Å². The number of rotatable bonds is 3. The number of nitrogens with one attached hydrogen (secondary N) is 1. The molecule has 3 N–H and O–H groups in total. The number of para-hydroxylation sites is 1. The monoisotopic (exact) mass is 274 g/mol. The molecule has 0 aliphatic carbocycles. The van der Waals surface area contributed by atoms with Gasteiger partial charge in [-0.1, -0.05) is 18.2 Å². The van der Waals surface area contributed by atoms with Gasteiger partial charge in [-0.3, -0.25) is 4.79 Å². The lowest BCUT2D eigenvalue weighted by molar-refractivity contribution is 0.102. The topological polar surface area (TPSA) is 78.2 Å². The molecule has 1 amide bonds. The zero-order chi connectivity index (χ0) is 13.8.